The van der Waals surface area contributed by atoms with Crippen LogP contribution in [0.2, 0.25) is 0 Å². The summed E-state index contributed by atoms with van der Waals surface area (Å²) in [5, 5.41) is 0. The van der Waals surface area contributed by atoms with Crippen LogP contribution in [0.5, 0.6) is 0 Å². The van der Waals surface area contributed by atoms with Crippen LogP contribution in [0.3, 0.4) is 0 Å². The molecule has 1 unspecified atom stereocenters. The second-order valence-electron chi connectivity index (χ2n) is 3.06. The molecule has 10 heavy (non-hydrogen) atoms. The molecule has 2 heteroatoms. The predicted molar refractivity (Wildman–Crippen MR) is 38.6 cm³/mol. The minimum atomic E-state index is -0.140. The molecule has 2 nitrogen and oxygen atoms in total. The van der Waals surface area contributed by atoms with E-state index in [2.05, 4.69) is 6.92 Å². The van der Waals surface area contributed by atoms with E-state index in [0.717, 1.165) is 6.42 Å². The zero-order valence-corrected chi connectivity index (χ0v) is 6.59. The zero-order chi connectivity index (χ0) is 7.56. The molecule has 1 fully saturated rings. The number of carbonyl (C=O) groups excluding carboxylic acids is 1. The molecule has 0 amide bonds. The van der Waals surface area contributed by atoms with E-state index in [1.807, 2.05) is 0 Å². The Bertz CT molecular complexity index is 131. The number of rotatable bonds is 1. The maximum absolute atomic E-state index is 10.5. The molecule has 1 aliphatic rings. The van der Waals surface area contributed by atoms with E-state index in [1.54, 1.807) is 0 Å². The summed E-state index contributed by atoms with van der Waals surface area (Å²) in [6, 6.07) is 0. The van der Waals surface area contributed by atoms with Gasteiger partial charge in [-0.25, -0.2) is 0 Å². The quantitative estimate of drug-likeness (QED) is 0.521. The molecule has 58 valence electrons. The van der Waals surface area contributed by atoms with E-state index in [0.29, 0.717) is 5.92 Å². The van der Waals surface area contributed by atoms with Gasteiger partial charge in [0.05, 0.1) is 0 Å². The number of esters is 1. The summed E-state index contributed by atoms with van der Waals surface area (Å²) in [7, 11) is 0. The van der Waals surface area contributed by atoms with Gasteiger partial charge in [-0.2, -0.15) is 0 Å². The van der Waals surface area contributed by atoms with Crippen molar-refractivity contribution in [2.75, 3.05) is 0 Å². The van der Waals surface area contributed by atoms with Crippen LogP contribution in [0.25, 0.3) is 0 Å². The Labute approximate surface area is 61.6 Å². The van der Waals surface area contributed by atoms with E-state index in [9.17, 15) is 4.79 Å². The second-order valence-corrected chi connectivity index (χ2v) is 3.06. The molecule has 1 aliphatic carbocycles. The predicted octanol–water partition coefficient (Wildman–Crippen LogP) is 1.74. The third-order valence-electron chi connectivity index (χ3n) is 2.10. The second kappa shape index (κ2) is 3.04. The minimum absolute atomic E-state index is 0.140. The van der Waals surface area contributed by atoms with E-state index < -0.39 is 0 Å². The molecule has 0 N–H and O–H groups in total. The van der Waals surface area contributed by atoms with Gasteiger partial charge in [-0.05, 0) is 25.2 Å². The van der Waals surface area contributed by atoms with Gasteiger partial charge < -0.3 is 4.74 Å². The highest BCUT2D eigenvalue weighted by Gasteiger charge is 2.25. The summed E-state index contributed by atoms with van der Waals surface area (Å²) in [5.41, 5.74) is 0. The van der Waals surface area contributed by atoms with Gasteiger partial charge in [-0.1, -0.05) is 6.92 Å². The molecule has 0 spiro atoms. The van der Waals surface area contributed by atoms with Crippen molar-refractivity contribution in [3.8, 4) is 0 Å². The van der Waals surface area contributed by atoms with Crippen molar-refractivity contribution in [3.05, 3.63) is 0 Å². The fraction of sp³-hybridized carbons (Fsp3) is 0.875. The smallest absolute Gasteiger partial charge is 0.302 e. The van der Waals surface area contributed by atoms with Crippen LogP contribution in [0.4, 0.5) is 0 Å². The molecule has 0 heterocycles. The highest BCUT2D eigenvalue weighted by atomic mass is 16.5. The first-order valence-electron chi connectivity index (χ1n) is 3.87. The summed E-state index contributed by atoms with van der Waals surface area (Å²) < 4.78 is 5.08. The summed E-state index contributed by atoms with van der Waals surface area (Å²) in [4.78, 5) is 10.5. The van der Waals surface area contributed by atoms with Gasteiger partial charge in [-0.3, -0.25) is 4.79 Å². The first-order valence-corrected chi connectivity index (χ1v) is 3.87. The van der Waals surface area contributed by atoms with Gasteiger partial charge in [-0.15, -0.1) is 0 Å². The van der Waals surface area contributed by atoms with E-state index >= 15 is 0 Å². The molecule has 0 aromatic carbocycles. The van der Waals surface area contributed by atoms with Crippen LogP contribution in [-0.4, -0.2) is 12.1 Å². The van der Waals surface area contributed by atoms with E-state index in [-0.39, 0.29) is 12.1 Å². The van der Waals surface area contributed by atoms with Gasteiger partial charge in [0, 0.05) is 6.92 Å². The molecule has 0 aromatic heterocycles. The fourth-order valence-corrected chi connectivity index (χ4v) is 1.50. The number of carbonyl (C=O) groups is 1. The lowest BCUT2D eigenvalue weighted by atomic mass is 10.1. The normalized spacial score (nSPS) is 32.2. The molecule has 0 radical (unpaired) electrons. The van der Waals surface area contributed by atoms with Crippen molar-refractivity contribution in [2.45, 2.75) is 39.2 Å². The minimum Gasteiger partial charge on any atom is -0.462 e. The average molecular weight is 142 g/mol. The highest BCUT2D eigenvalue weighted by Crippen LogP contribution is 2.27. The molecule has 0 aromatic rings. The van der Waals surface area contributed by atoms with Crippen molar-refractivity contribution in [2.24, 2.45) is 5.92 Å². The third-order valence-corrected chi connectivity index (χ3v) is 2.10. The molecule has 0 bridgehead atoms. The molecular formula is C8H14O2. The van der Waals surface area contributed by atoms with Gasteiger partial charge >= 0.3 is 5.97 Å². The number of hydrogen-bond acceptors (Lipinski definition) is 2. The highest BCUT2D eigenvalue weighted by molar-refractivity contribution is 5.66. The van der Waals surface area contributed by atoms with Crippen LogP contribution in [0.1, 0.15) is 33.1 Å². The maximum Gasteiger partial charge on any atom is 0.302 e. The van der Waals surface area contributed by atoms with Gasteiger partial charge in [0.2, 0.25) is 0 Å². The Kier molecular flexibility index (Phi) is 2.30. The molecule has 0 aliphatic heterocycles. The van der Waals surface area contributed by atoms with Crippen molar-refractivity contribution in [1.29, 1.82) is 0 Å². The van der Waals surface area contributed by atoms with Gasteiger partial charge in [0.15, 0.2) is 0 Å². The standard InChI is InChI=1S/C8H14O2/c1-6-4-3-5-8(6)10-7(2)9/h6,8H,3-5H2,1-2H3/t6-,8?/m1/s1. The van der Waals surface area contributed by atoms with Gasteiger partial charge in [0.25, 0.3) is 0 Å². The van der Waals surface area contributed by atoms with Crippen LogP contribution in [0, 0.1) is 5.92 Å². The van der Waals surface area contributed by atoms with Crippen LogP contribution < -0.4 is 0 Å². The van der Waals surface area contributed by atoms with E-state index in [1.165, 1.54) is 19.8 Å². The summed E-state index contributed by atoms with van der Waals surface area (Å²) >= 11 is 0. The third kappa shape index (κ3) is 1.72. The van der Waals surface area contributed by atoms with Crippen molar-refractivity contribution >= 4 is 5.97 Å². The monoisotopic (exact) mass is 142 g/mol. The van der Waals surface area contributed by atoms with Gasteiger partial charge in [0.1, 0.15) is 6.10 Å². The topological polar surface area (TPSA) is 26.3 Å². The number of hydrogen-bond donors (Lipinski definition) is 0. The zero-order valence-electron chi connectivity index (χ0n) is 6.59. The Morgan fingerprint density at radius 2 is 2.20 bits per heavy atom. The van der Waals surface area contributed by atoms with Crippen LogP contribution in [-0.2, 0) is 9.53 Å². The van der Waals surface area contributed by atoms with Crippen LogP contribution in [0.15, 0.2) is 0 Å². The molecule has 2 atom stereocenters. The first kappa shape index (κ1) is 7.58. The Balaban J connectivity index is 2.33. The molecular weight excluding hydrogens is 128 g/mol. The van der Waals surface area contributed by atoms with Crippen molar-refractivity contribution in [1.82, 2.24) is 0 Å². The van der Waals surface area contributed by atoms with E-state index in [4.69, 9.17) is 4.74 Å². The lowest BCUT2D eigenvalue weighted by molar-refractivity contribution is -0.147. The lowest BCUT2D eigenvalue weighted by Crippen LogP contribution is -2.18. The van der Waals surface area contributed by atoms with Crippen LogP contribution >= 0.6 is 0 Å². The average Bonchev–Trinajstić information content (AvgIpc) is 2.15. The fourth-order valence-electron chi connectivity index (χ4n) is 1.50. The Morgan fingerprint density at radius 1 is 1.50 bits per heavy atom. The lowest BCUT2D eigenvalue weighted by Gasteiger charge is -2.14. The SMILES string of the molecule is CC(=O)OC1CCC[C@H]1C. The Hall–Kier alpha value is -0.530. The molecule has 0 saturated heterocycles. The summed E-state index contributed by atoms with van der Waals surface area (Å²) in [5.74, 6) is 0.433. The summed E-state index contributed by atoms with van der Waals surface area (Å²) in [6.07, 6.45) is 3.68. The van der Waals surface area contributed by atoms with Crippen molar-refractivity contribution in [3.63, 3.8) is 0 Å². The summed E-state index contributed by atoms with van der Waals surface area (Å²) in [6.45, 7) is 3.62. The number of ether oxygens (including phenoxy) is 1. The Morgan fingerprint density at radius 3 is 2.60 bits per heavy atom. The van der Waals surface area contributed by atoms with Crippen molar-refractivity contribution < 1.29 is 9.53 Å². The first-order chi connectivity index (χ1) is 4.70. The molecule has 1 saturated carbocycles. The maximum atomic E-state index is 10.5. The largest absolute Gasteiger partial charge is 0.462 e. The molecule has 1 rings (SSSR count).